The molecule has 0 atom stereocenters. The van der Waals surface area contributed by atoms with Crippen molar-refractivity contribution >= 4 is 32.8 Å². The zero-order chi connectivity index (χ0) is 43.1. The van der Waals surface area contributed by atoms with Gasteiger partial charge in [-0.3, -0.25) is 14.5 Å². The summed E-state index contributed by atoms with van der Waals surface area (Å²) >= 11 is 0. The minimum atomic E-state index is 0.803. The van der Waals surface area contributed by atoms with Gasteiger partial charge in [-0.1, -0.05) is 140 Å². The van der Waals surface area contributed by atoms with Gasteiger partial charge in [-0.2, -0.15) is 0 Å². The molecule has 0 saturated carbocycles. The second-order valence-electron chi connectivity index (χ2n) is 16.1. The molecule has 0 spiro atoms. The maximum atomic E-state index is 5.64. The van der Waals surface area contributed by atoms with Gasteiger partial charge < -0.3 is 0 Å². The molecule has 0 aliphatic carbocycles. The molecule has 0 radical (unpaired) electrons. The maximum absolute atomic E-state index is 5.64. The molecule has 0 bridgehead atoms. The van der Waals surface area contributed by atoms with Crippen LogP contribution in [0, 0.1) is 0 Å². The SMILES string of the molecule is c1ccc(-c2cc(-c3cc(-c4cc(-c5ccccc5)nc(-c5ccccc5)c4)cc(-c4nc5c6cccnc6c6ncccc6c5n4-c4ccccc4)c3)cc(-c3ccccc3)n2)cc1. The van der Waals surface area contributed by atoms with Gasteiger partial charge >= 0.3 is 0 Å². The molecule has 12 rings (SSSR count). The second kappa shape index (κ2) is 16.1. The molecule has 0 aliphatic heterocycles. The molecular formula is C59H38N6. The highest BCUT2D eigenvalue weighted by molar-refractivity contribution is 6.21. The van der Waals surface area contributed by atoms with Gasteiger partial charge in [0.2, 0.25) is 0 Å². The molecule has 0 aliphatic rings. The van der Waals surface area contributed by atoms with E-state index in [1.165, 1.54) is 0 Å². The first kappa shape index (κ1) is 37.9. The van der Waals surface area contributed by atoms with Crippen molar-refractivity contribution in [1.82, 2.24) is 29.5 Å². The van der Waals surface area contributed by atoms with Gasteiger partial charge in [0.25, 0.3) is 0 Å². The Labute approximate surface area is 375 Å². The number of pyridine rings is 4. The van der Waals surface area contributed by atoms with Gasteiger partial charge in [0, 0.05) is 56.7 Å². The number of para-hydroxylation sites is 1. The van der Waals surface area contributed by atoms with Gasteiger partial charge in [-0.25, -0.2) is 15.0 Å². The van der Waals surface area contributed by atoms with E-state index in [0.29, 0.717) is 0 Å². The highest BCUT2D eigenvalue weighted by Crippen LogP contribution is 2.42. The predicted octanol–water partition coefficient (Wildman–Crippen LogP) is 14.6. The van der Waals surface area contributed by atoms with E-state index >= 15 is 0 Å². The zero-order valence-electron chi connectivity index (χ0n) is 35.1. The van der Waals surface area contributed by atoms with Crippen LogP contribution in [0.4, 0.5) is 0 Å². The summed E-state index contributed by atoms with van der Waals surface area (Å²) < 4.78 is 2.30. The molecule has 12 aromatic rings. The molecule has 0 amide bonds. The summed E-state index contributed by atoms with van der Waals surface area (Å²) in [6.45, 7) is 0. The van der Waals surface area contributed by atoms with Crippen LogP contribution in [0.1, 0.15) is 0 Å². The van der Waals surface area contributed by atoms with Crippen molar-refractivity contribution in [3.8, 4) is 84.4 Å². The summed E-state index contributed by atoms with van der Waals surface area (Å²) in [6, 6.07) is 76.1. The van der Waals surface area contributed by atoms with E-state index < -0.39 is 0 Å². The standard InChI is InChI=1S/C59H38N6/c1-6-18-39(19-7-1)51-35-45(36-52(62-51)40-20-8-2-9-21-40)43-32-44(46-37-53(41-22-10-3-11-23-41)63-54(38-46)42-24-12-4-13-25-42)34-47(33-43)59-64-57-49-28-16-30-60-55(49)56-50(29-17-31-61-56)58(57)65(59)48-26-14-5-15-27-48/h1-38H. The first-order chi connectivity index (χ1) is 32.2. The number of fused-ring (bicyclic) bond motifs is 6. The third kappa shape index (κ3) is 7.00. The summed E-state index contributed by atoms with van der Waals surface area (Å²) in [4.78, 5) is 25.9. The minimum absolute atomic E-state index is 0.803. The Morgan fingerprint density at radius 1 is 0.277 bits per heavy atom. The molecule has 65 heavy (non-hydrogen) atoms. The van der Waals surface area contributed by atoms with E-state index in [2.05, 4.69) is 187 Å². The Balaban J connectivity index is 1.19. The molecule has 304 valence electrons. The van der Waals surface area contributed by atoms with Crippen LogP contribution in [0.15, 0.2) is 231 Å². The average molecular weight is 831 g/mol. The highest BCUT2D eigenvalue weighted by atomic mass is 15.1. The Morgan fingerprint density at radius 2 is 0.646 bits per heavy atom. The fourth-order valence-corrected chi connectivity index (χ4v) is 8.96. The molecule has 7 aromatic carbocycles. The molecule has 6 nitrogen and oxygen atoms in total. The van der Waals surface area contributed by atoms with Crippen LogP contribution in [0.25, 0.3) is 117 Å². The van der Waals surface area contributed by atoms with Gasteiger partial charge in [-0.05, 0) is 101 Å². The summed E-state index contributed by atoms with van der Waals surface area (Å²) in [5, 5.41) is 1.93. The Kier molecular flexibility index (Phi) is 9.38. The molecule has 6 heteroatoms. The summed E-state index contributed by atoms with van der Waals surface area (Å²) in [5.74, 6) is 0.803. The van der Waals surface area contributed by atoms with Gasteiger partial charge in [0.1, 0.15) is 5.82 Å². The Hall–Kier alpha value is -8.87. The third-order valence-electron chi connectivity index (χ3n) is 12.0. The number of aromatic nitrogens is 6. The molecule has 5 heterocycles. The van der Waals surface area contributed by atoms with Gasteiger partial charge in [-0.15, -0.1) is 0 Å². The quantitative estimate of drug-likeness (QED) is 0.143. The fraction of sp³-hybridized carbons (Fsp3) is 0. The van der Waals surface area contributed by atoms with Crippen molar-refractivity contribution in [1.29, 1.82) is 0 Å². The number of hydrogen-bond donors (Lipinski definition) is 0. The maximum Gasteiger partial charge on any atom is 0.145 e. The molecule has 0 saturated heterocycles. The summed E-state index contributed by atoms with van der Waals surface area (Å²) in [5.41, 5.74) is 17.3. The van der Waals surface area contributed by atoms with Crippen molar-refractivity contribution < 1.29 is 0 Å². The van der Waals surface area contributed by atoms with Crippen LogP contribution < -0.4 is 0 Å². The zero-order valence-corrected chi connectivity index (χ0v) is 35.1. The molecule has 0 N–H and O–H groups in total. The smallest absolute Gasteiger partial charge is 0.145 e. The van der Waals surface area contributed by atoms with Crippen molar-refractivity contribution in [3.05, 3.63) is 231 Å². The van der Waals surface area contributed by atoms with Crippen molar-refractivity contribution in [3.63, 3.8) is 0 Å². The lowest BCUT2D eigenvalue weighted by Gasteiger charge is -2.16. The van der Waals surface area contributed by atoms with Crippen LogP contribution >= 0.6 is 0 Å². The highest BCUT2D eigenvalue weighted by Gasteiger charge is 2.23. The van der Waals surface area contributed by atoms with Crippen LogP contribution in [0.3, 0.4) is 0 Å². The third-order valence-corrected chi connectivity index (χ3v) is 12.0. The van der Waals surface area contributed by atoms with Crippen molar-refractivity contribution in [2.45, 2.75) is 0 Å². The van der Waals surface area contributed by atoms with E-state index in [4.69, 9.17) is 24.9 Å². The van der Waals surface area contributed by atoms with Gasteiger partial charge in [0.05, 0.1) is 44.8 Å². The van der Waals surface area contributed by atoms with Gasteiger partial charge in [0.15, 0.2) is 0 Å². The monoisotopic (exact) mass is 830 g/mol. The Bertz CT molecular complexity index is 3420. The first-order valence-electron chi connectivity index (χ1n) is 21.7. The normalized spacial score (nSPS) is 11.4. The van der Waals surface area contributed by atoms with Crippen molar-refractivity contribution in [2.75, 3.05) is 0 Å². The fourth-order valence-electron chi connectivity index (χ4n) is 8.96. The van der Waals surface area contributed by atoms with Crippen LogP contribution in [0.2, 0.25) is 0 Å². The molecular weight excluding hydrogens is 793 g/mol. The summed E-state index contributed by atoms with van der Waals surface area (Å²) in [7, 11) is 0. The topological polar surface area (TPSA) is 69.4 Å². The van der Waals surface area contributed by atoms with E-state index in [1.807, 2.05) is 48.8 Å². The first-order valence-corrected chi connectivity index (χ1v) is 21.7. The lowest BCUT2D eigenvalue weighted by molar-refractivity contribution is 1.11. The molecule has 0 unspecified atom stereocenters. The Morgan fingerprint density at radius 3 is 1.09 bits per heavy atom. The summed E-state index contributed by atoms with van der Waals surface area (Å²) in [6.07, 6.45) is 3.67. The van der Waals surface area contributed by atoms with E-state index in [-0.39, 0.29) is 0 Å². The molecule has 5 aromatic heterocycles. The molecule has 0 fully saturated rings. The van der Waals surface area contributed by atoms with E-state index in [1.54, 1.807) is 0 Å². The number of benzene rings is 7. The van der Waals surface area contributed by atoms with Crippen LogP contribution in [0.5, 0.6) is 0 Å². The average Bonchev–Trinajstić information content (AvgIpc) is 3.81. The van der Waals surface area contributed by atoms with Crippen molar-refractivity contribution in [2.24, 2.45) is 0 Å². The predicted molar refractivity (Wildman–Crippen MR) is 265 cm³/mol. The lowest BCUT2D eigenvalue weighted by Crippen LogP contribution is -1.99. The van der Waals surface area contributed by atoms with Crippen LogP contribution in [-0.2, 0) is 0 Å². The number of nitrogens with zero attached hydrogens (tertiary/aromatic N) is 6. The minimum Gasteiger partial charge on any atom is -0.292 e. The largest absolute Gasteiger partial charge is 0.292 e. The number of hydrogen-bond acceptors (Lipinski definition) is 5. The van der Waals surface area contributed by atoms with E-state index in [0.717, 1.165) is 117 Å². The lowest BCUT2D eigenvalue weighted by atomic mass is 9.93. The van der Waals surface area contributed by atoms with Crippen LogP contribution in [-0.4, -0.2) is 29.5 Å². The second-order valence-corrected chi connectivity index (χ2v) is 16.1. The number of imidazole rings is 1. The van der Waals surface area contributed by atoms with E-state index in [9.17, 15) is 0 Å². The number of rotatable bonds is 8.